The average Bonchev–Trinajstić information content (AvgIpc) is 3.19. The first-order valence-corrected chi connectivity index (χ1v) is 7.33. The lowest BCUT2D eigenvalue weighted by atomic mass is 10.2. The van der Waals surface area contributed by atoms with Crippen LogP contribution in [0, 0.1) is 0 Å². The number of benzene rings is 1. The summed E-state index contributed by atoms with van der Waals surface area (Å²) in [5, 5.41) is 5.45. The summed E-state index contributed by atoms with van der Waals surface area (Å²) in [7, 11) is 0. The Morgan fingerprint density at radius 1 is 1.22 bits per heavy atom. The Balaban J connectivity index is 1.78. The van der Waals surface area contributed by atoms with Crippen molar-refractivity contribution in [2.45, 2.75) is 6.54 Å². The number of rotatable bonds is 3. The number of furan rings is 1. The van der Waals surface area contributed by atoms with E-state index in [2.05, 4.69) is 15.1 Å². The molecule has 0 aliphatic carbocycles. The molecular formula is C16H11ClN4O2. The molecule has 0 radical (unpaired) electrons. The van der Waals surface area contributed by atoms with E-state index in [0.717, 1.165) is 5.56 Å². The normalized spacial score (nSPS) is 11.2. The van der Waals surface area contributed by atoms with Gasteiger partial charge in [0.15, 0.2) is 17.2 Å². The van der Waals surface area contributed by atoms with Gasteiger partial charge in [-0.1, -0.05) is 29.8 Å². The molecule has 4 aromatic rings. The van der Waals surface area contributed by atoms with Gasteiger partial charge in [0.1, 0.15) is 5.39 Å². The molecule has 6 nitrogen and oxygen atoms in total. The number of H-pyrrole nitrogens is 1. The van der Waals surface area contributed by atoms with Crippen LogP contribution in [0.1, 0.15) is 5.56 Å². The molecule has 0 bridgehead atoms. The molecule has 1 N–H and O–H groups in total. The minimum Gasteiger partial charge on any atom is -0.461 e. The third-order valence-corrected chi connectivity index (χ3v) is 3.85. The molecule has 0 saturated carbocycles. The van der Waals surface area contributed by atoms with E-state index in [-0.39, 0.29) is 5.56 Å². The quantitative estimate of drug-likeness (QED) is 0.627. The highest BCUT2D eigenvalue weighted by atomic mass is 35.5. The summed E-state index contributed by atoms with van der Waals surface area (Å²) in [5.41, 5.74) is 1.03. The molecule has 0 atom stereocenters. The van der Waals surface area contributed by atoms with Gasteiger partial charge in [-0.15, -0.1) is 0 Å². The van der Waals surface area contributed by atoms with Crippen molar-refractivity contribution in [1.82, 2.24) is 19.7 Å². The van der Waals surface area contributed by atoms with E-state index in [0.29, 0.717) is 34.2 Å². The minimum atomic E-state index is -0.258. The summed E-state index contributed by atoms with van der Waals surface area (Å²) in [6.45, 7) is 0.464. The van der Waals surface area contributed by atoms with Gasteiger partial charge in [0.2, 0.25) is 0 Å². The van der Waals surface area contributed by atoms with Crippen molar-refractivity contribution < 1.29 is 4.42 Å². The first-order valence-electron chi connectivity index (χ1n) is 6.95. The number of nitrogens with zero attached hydrogens (tertiary/aromatic N) is 3. The Hall–Kier alpha value is -2.86. The predicted octanol–water partition coefficient (Wildman–Crippen LogP) is 3.08. The molecule has 114 valence electrons. The molecular weight excluding hydrogens is 316 g/mol. The molecule has 23 heavy (non-hydrogen) atoms. The zero-order valence-corrected chi connectivity index (χ0v) is 12.6. The number of nitrogens with one attached hydrogen (secondary N) is 1. The Labute approximate surface area is 135 Å². The van der Waals surface area contributed by atoms with Crippen LogP contribution in [0.2, 0.25) is 5.02 Å². The summed E-state index contributed by atoms with van der Waals surface area (Å²) in [6.07, 6.45) is 3.19. The zero-order valence-electron chi connectivity index (χ0n) is 11.9. The van der Waals surface area contributed by atoms with Crippen LogP contribution in [-0.2, 0) is 6.54 Å². The lowest BCUT2D eigenvalue weighted by Crippen LogP contribution is -2.08. The molecule has 0 aliphatic rings. The van der Waals surface area contributed by atoms with Gasteiger partial charge < -0.3 is 9.40 Å². The van der Waals surface area contributed by atoms with Gasteiger partial charge in [0.05, 0.1) is 12.8 Å². The molecule has 3 aromatic heterocycles. The summed E-state index contributed by atoms with van der Waals surface area (Å²) < 4.78 is 6.91. The maximum absolute atomic E-state index is 12.2. The Kier molecular flexibility index (Phi) is 3.24. The molecule has 0 unspecified atom stereocenters. The maximum atomic E-state index is 12.2. The highest BCUT2D eigenvalue weighted by molar-refractivity contribution is 6.31. The van der Waals surface area contributed by atoms with E-state index in [1.807, 2.05) is 24.3 Å². The van der Waals surface area contributed by atoms with Crippen LogP contribution in [0.3, 0.4) is 0 Å². The van der Waals surface area contributed by atoms with Crippen molar-refractivity contribution in [3.63, 3.8) is 0 Å². The monoisotopic (exact) mass is 326 g/mol. The number of aromatic nitrogens is 4. The number of aromatic amines is 1. The lowest BCUT2D eigenvalue weighted by Gasteiger charge is -2.03. The second kappa shape index (κ2) is 5.40. The second-order valence-electron chi connectivity index (χ2n) is 5.05. The fourth-order valence-electron chi connectivity index (χ4n) is 2.37. The molecule has 0 spiro atoms. The average molecular weight is 327 g/mol. The molecule has 1 aromatic carbocycles. The van der Waals surface area contributed by atoms with E-state index in [4.69, 9.17) is 16.0 Å². The first kappa shape index (κ1) is 13.8. The van der Waals surface area contributed by atoms with E-state index in [1.54, 1.807) is 23.0 Å². The van der Waals surface area contributed by atoms with Crippen LogP contribution in [0.25, 0.3) is 22.6 Å². The van der Waals surface area contributed by atoms with Crippen molar-refractivity contribution in [3.05, 3.63) is 69.8 Å². The van der Waals surface area contributed by atoms with E-state index in [9.17, 15) is 4.79 Å². The number of fused-ring (bicyclic) bond motifs is 1. The molecule has 0 aliphatic heterocycles. The van der Waals surface area contributed by atoms with Crippen molar-refractivity contribution >= 4 is 22.6 Å². The van der Waals surface area contributed by atoms with Crippen LogP contribution < -0.4 is 5.56 Å². The molecule has 4 rings (SSSR count). The zero-order chi connectivity index (χ0) is 15.8. The molecule has 0 saturated heterocycles. The second-order valence-corrected chi connectivity index (χ2v) is 5.45. The number of hydrogen-bond donors (Lipinski definition) is 1. The van der Waals surface area contributed by atoms with Crippen LogP contribution >= 0.6 is 11.6 Å². The molecule has 0 amide bonds. The summed E-state index contributed by atoms with van der Waals surface area (Å²) in [5.74, 6) is 0.847. The summed E-state index contributed by atoms with van der Waals surface area (Å²) in [6, 6.07) is 11.0. The number of halogens is 1. The van der Waals surface area contributed by atoms with E-state index >= 15 is 0 Å². The highest BCUT2D eigenvalue weighted by Crippen LogP contribution is 2.18. The van der Waals surface area contributed by atoms with Crippen LogP contribution in [-0.4, -0.2) is 19.7 Å². The Bertz CT molecular complexity index is 1030. The minimum absolute atomic E-state index is 0.258. The van der Waals surface area contributed by atoms with Gasteiger partial charge in [-0.2, -0.15) is 5.10 Å². The lowest BCUT2D eigenvalue weighted by molar-refractivity contribution is 0.577. The third kappa shape index (κ3) is 2.53. The van der Waals surface area contributed by atoms with E-state index in [1.165, 1.54) is 6.26 Å². The first-order chi connectivity index (χ1) is 11.2. The smallest absolute Gasteiger partial charge is 0.262 e. The Morgan fingerprint density at radius 2 is 2.09 bits per heavy atom. The Morgan fingerprint density at radius 3 is 2.87 bits per heavy atom. The van der Waals surface area contributed by atoms with Gasteiger partial charge in [-0.25, -0.2) is 4.98 Å². The van der Waals surface area contributed by atoms with E-state index < -0.39 is 0 Å². The van der Waals surface area contributed by atoms with Crippen molar-refractivity contribution in [1.29, 1.82) is 0 Å². The third-order valence-electron chi connectivity index (χ3n) is 3.48. The van der Waals surface area contributed by atoms with Crippen LogP contribution in [0.4, 0.5) is 0 Å². The van der Waals surface area contributed by atoms with Crippen molar-refractivity contribution in [3.8, 4) is 11.6 Å². The fraction of sp³-hybridized carbons (Fsp3) is 0.0625. The predicted molar refractivity (Wildman–Crippen MR) is 86.4 cm³/mol. The van der Waals surface area contributed by atoms with Gasteiger partial charge >= 0.3 is 0 Å². The summed E-state index contributed by atoms with van der Waals surface area (Å²) >= 11 is 6.16. The molecule has 7 heteroatoms. The van der Waals surface area contributed by atoms with Gasteiger partial charge in [-0.3, -0.25) is 9.48 Å². The van der Waals surface area contributed by atoms with Gasteiger partial charge in [-0.05, 0) is 23.8 Å². The standard InChI is InChI=1S/C16H11ClN4O2/c17-12-5-2-1-4-10(12)8-21-9-11-14(20-21)18-15(19-16(11)22)13-6-3-7-23-13/h1-7,9H,8H2,(H,18,19,20,22). The topological polar surface area (TPSA) is 76.7 Å². The largest absolute Gasteiger partial charge is 0.461 e. The fourth-order valence-corrected chi connectivity index (χ4v) is 2.57. The van der Waals surface area contributed by atoms with Crippen molar-refractivity contribution in [2.24, 2.45) is 0 Å². The van der Waals surface area contributed by atoms with Crippen LogP contribution in [0.15, 0.2) is 58.1 Å². The molecule has 3 heterocycles. The molecule has 0 fully saturated rings. The van der Waals surface area contributed by atoms with Gasteiger partial charge in [0, 0.05) is 11.2 Å². The number of hydrogen-bond acceptors (Lipinski definition) is 4. The highest BCUT2D eigenvalue weighted by Gasteiger charge is 2.12. The van der Waals surface area contributed by atoms with Gasteiger partial charge in [0.25, 0.3) is 5.56 Å². The van der Waals surface area contributed by atoms with Crippen LogP contribution in [0.5, 0.6) is 0 Å². The maximum Gasteiger partial charge on any atom is 0.262 e. The van der Waals surface area contributed by atoms with Crippen molar-refractivity contribution in [2.75, 3.05) is 0 Å². The SMILES string of the molecule is O=c1[nH]c(-c2ccco2)nc2nn(Cc3ccccc3Cl)cc12. The summed E-state index contributed by atoms with van der Waals surface area (Å²) in [4.78, 5) is 19.3.